The van der Waals surface area contributed by atoms with Crippen LogP contribution in [0, 0.1) is 0 Å². The summed E-state index contributed by atoms with van der Waals surface area (Å²) in [5, 5.41) is 12.5. The molecule has 0 aliphatic rings. The molecule has 4 aromatic rings. The summed E-state index contributed by atoms with van der Waals surface area (Å²) < 4.78 is 0. The molecule has 0 amide bonds. The van der Waals surface area contributed by atoms with Crippen LogP contribution in [0.1, 0.15) is 18.1 Å². The molecule has 4 rings (SSSR count). The van der Waals surface area contributed by atoms with E-state index in [1.54, 1.807) is 12.1 Å². The Labute approximate surface area is 174 Å². The predicted molar refractivity (Wildman–Crippen MR) is 126 cm³/mol. The monoisotopic (exact) mass is 397 g/mol. The zero-order valence-corrected chi connectivity index (χ0v) is 17.6. The first kappa shape index (κ1) is 19.4. The molecule has 0 saturated heterocycles. The molecule has 1 N–H and O–H groups in total. The molecule has 0 radical (unpaired) electrons. The highest BCUT2D eigenvalue weighted by atomic mass is 31.1. The van der Waals surface area contributed by atoms with Crippen LogP contribution in [0.4, 0.5) is 0 Å². The second-order valence-corrected chi connectivity index (χ2v) is 10.7. The van der Waals surface area contributed by atoms with E-state index in [0.29, 0.717) is 5.75 Å². The van der Waals surface area contributed by atoms with E-state index in [0.717, 1.165) is 6.42 Å². The Morgan fingerprint density at radius 2 is 1.07 bits per heavy atom. The van der Waals surface area contributed by atoms with Crippen molar-refractivity contribution in [2.24, 2.45) is 0 Å². The molecule has 0 saturated carbocycles. The zero-order chi connectivity index (χ0) is 20.1. The van der Waals surface area contributed by atoms with Gasteiger partial charge in [0.05, 0.1) is 18.5 Å². The third-order valence-corrected chi connectivity index (χ3v) is 8.97. The second kappa shape index (κ2) is 8.64. The van der Waals surface area contributed by atoms with Crippen LogP contribution >= 0.6 is 7.92 Å². The number of aromatic hydroxyl groups is 1. The number of phenolic OH excluding ortho intramolecular Hbond substituents is 1. The molecule has 0 heterocycles. The van der Waals surface area contributed by atoms with Gasteiger partial charge in [-0.05, 0) is 54.4 Å². The minimum atomic E-state index is -1.16. The number of hydrogen-bond donors (Lipinski definition) is 1. The van der Waals surface area contributed by atoms with Crippen molar-refractivity contribution in [3.63, 3.8) is 0 Å². The van der Waals surface area contributed by atoms with E-state index in [-0.39, 0.29) is 5.16 Å². The minimum Gasteiger partial charge on any atom is -0.508 e. The van der Waals surface area contributed by atoms with Crippen molar-refractivity contribution < 1.29 is 5.11 Å². The number of benzene rings is 4. The maximum absolute atomic E-state index is 9.74. The van der Waals surface area contributed by atoms with Crippen LogP contribution in [0.5, 0.6) is 5.75 Å². The van der Waals surface area contributed by atoms with Gasteiger partial charge < -0.3 is 5.11 Å². The lowest BCUT2D eigenvalue weighted by molar-refractivity contribution is 0.475. The van der Waals surface area contributed by atoms with E-state index in [2.05, 4.69) is 97.9 Å². The van der Waals surface area contributed by atoms with Gasteiger partial charge in [-0.25, -0.2) is 0 Å². The maximum atomic E-state index is 9.74. The van der Waals surface area contributed by atoms with Gasteiger partial charge >= 0.3 is 0 Å². The standard InChI is InChI=1S/C27H25OP/c1-27(23-11-5-2-6-12-23,21-22-17-19-24(28)20-18-22)29(25-13-7-3-8-14-25)26-15-9-4-10-16-26/h2-20,28H,21H2,1H3/p+1. The molecule has 1 atom stereocenters. The van der Waals surface area contributed by atoms with E-state index < -0.39 is 7.92 Å². The molecule has 0 aliphatic heterocycles. The number of rotatable bonds is 6. The summed E-state index contributed by atoms with van der Waals surface area (Å²) in [6, 6.07) is 40.4. The fraction of sp³-hybridized carbons (Fsp3) is 0.111. The second-order valence-electron chi connectivity index (χ2n) is 7.65. The van der Waals surface area contributed by atoms with Gasteiger partial charge in [0.2, 0.25) is 0 Å². The molecule has 2 heteroatoms. The van der Waals surface area contributed by atoms with Crippen LogP contribution in [0.25, 0.3) is 0 Å². The maximum Gasteiger partial charge on any atom is 0.115 e. The summed E-state index contributed by atoms with van der Waals surface area (Å²) in [6.07, 6.45) is 0.912. The van der Waals surface area contributed by atoms with Crippen LogP contribution in [0.2, 0.25) is 0 Å². The van der Waals surface area contributed by atoms with Gasteiger partial charge in [-0.15, -0.1) is 0 Å². The Kier molecular flexibility index (Phi) is 5.79. The van der Waals surface area contributed by atoms with Crippen LogP contribution in [-0.2, 0) is 11.6 Å². The van der Waals surface area contributed by atoms with Crippen molar-refractivity contribution in [1.29, 1.82) is 0 Å². The molecular weight excluding hydrogens is 371 g/mol. The fourth-order valence-electron chi connectivity index (χ4n) is 4.18. The van der Waals surface area contributed by atoms with Crippen LogP contribution in [-0.4, -0.2) is 5.11 Å². The predicted octanol–water partition coefficient (Wildman–Crippen LogP) is 5.72. The van der Waals surface area contributed by atoms with E-state index in [4.69, 9.17) is 0 Å². The SMILES string of the molecule is CC(Cc1ccc(O)cc1)(c1ccccc1)[PH+](c1ccccc1)c1ccccc1. The first-order valence-corrected chi connectivity index (χ1v) is 11.5. The van der Waals surface area contributed by atoms with Crippen molar-refractivity contribution in [2.75, 3.05) is 0 Å². The molecule has 0 spiro atoms. The molecule has 4 aromatic carbocycles. The largest absolute Gasteiger partial charge is 0.508 e. The number of phenols is 1. The van der Waals surface area contributed by atoms with Gasteiger partial charge in [-0.1, -0.05) is 78.9 Å². The zero-order valence-electron chi connectivity index (χ0n) is 16.6. The quantitative estimate of drug-likeness (QED) is 0.413. The van der Waals surface area contributed by atoms with Crippen molar-refractivity contribution in [2.45, 2.75) is 18.5 Å². The van der Waals surface area contributed by atoms with E-state index >= 15 is 0 Å². The molecule has 29 heavy (non-hydrogen) atoms. The van der Waals surface area contributed by atoms with Gasteiger partial charge in [-0.2, -0.15) is 0 Å². The highest BCUT2D eigenvalue weighted by molar-refractivity contribution is 7.74. The van der Waals surface area contributed by atoms with E-state index in [1.807, 2.05) is 12.1 Å². The molecule has 0 bridgehead atoms. The lowest BCUT2D eigenvalue weighted by atomic mass is 9.92. The Bertz CT molecular complexity index is 991. The summed E-state index contributed by atoms with van der Waals surface area (Å²) in [6.45, 7) is 2.41. The molecule has 0 aliphatic carbocycles. The van der Waals surface area contributed by atoms with Crippen molar-refractivity contribution in [1.82, 2.24) is 0 Å². The average molecular weight is 397 g/mol. The molecule has 1 unspecified atom stereocenters. The molecule has 0 fully saturated rings. The Morgan fingerprint density at radius 3 is 1.55 bits per heavy atom. The number of hydrogen-bond acceptors (Lipinski definition) is 1. The third kappa shape index (κ3) is 4.26. The lowest BCUT2D eigenvalue weighted by Gasteiger charge is -2.33. The highest BCUT2D eigenvalue weighted by Crippen LogP contribution is 2.56. The normalized spacial score (nSPS) is 13.2. The summed E-state index contributed by atoms with van der Waals surface area (Å²) in [5.41, 5.74) is 2.60. The Hall–Kier alpha value is -2.89. The van der Waals surface area contributed by atoms with E-state index in [1.165, 1.54) is 21.7 Å². The van der Waals surface area contributed by atoms with Crippen molar-refractivity contribution >= 4 is 18.5 Å². The smallest absolute Gasteiger partial charge is 0.115 e. The molecule has 0 aromatic heterocycles. The van der Waals surface area contributed by atoms with Crippen LogP contribution in [0.15, 0.2) is 115 Å². The first-order valence-electron chi connectivity index (χ1n) is 9.98. The van der Waals surface area contributed by atoms with Crippen molar-refractivity contribution in [3.05, 3.63) is 126 Å². The van der Waals surface area contributed by atoms with Gasteiger partial charge in [-0.3, -0.25) is 0 Å². The Morgan fingerprint density at radius 1 is 0.621 bits per heavy atom. The lowest BCUT2D eigenvalue weighted by Crippen LogP contribution is -2.32. The summed E-state index contributed by atoms with van der Waals surface area (Å²) in [5.74, 6) is 0.312. The van der Waals surface area contributed by atoms with Gasteiger partial charge in [0.15, 0.2) is 0 Å². The average Bonchev–Trinajstić information content (AvgIpc) is 2.78. The van der Waals surface area contributed by atoms with Gasteiger partial charge in [0.1, 0.15) is 10.9 Å². The Balaban J connectivity index is 1.90. The van der Waals surface area contributed by atoms with Gasteiger partial charge in [0, 0.05) is 6.42 Å². The molecule has 144 valence electrons. The van der Waals surface area contributed by atoms with Crippen molar-refractivity contribution in [3.8, 4) is 5.75 Å². The van der Waals surface area contributed by atoms with Crippen LogP contribution in [0.3, 0.4) is 0 Å². The topological polar surface area (TPSA) is 20.2 Å². The first-order chi connectivity index (χ1) is 14.2. The summed E-state index contributed by atoms with van der Waals surface area (Å²) >= 11 is 0. The summed E-state index contributed by atoms with van der Waals surface area (Å²) in [4.78, 5) is 0. The highest BCUT2D eigenvalue weighted by Gasteiger charge is 2.45. The molecule has 1 nitrogen and oxygen atoms in total. The fourth-order valence-corrected chi connectivity index (χ4v) is 7.67. The summed E-state index contributed by atoms with van der Waals surface area (Å²) in [7, 11) is -1.16. The van der Waals surface area contributed by atoms with E-state index in [9.17, 15) is 5.11 Å². The van der Waals surface area contributed by atoms with Crippen LogP contribution < -0.4 is 10.6 Å². The minimum absolute atomic E-state index is 0.0639. The molecular formula is C27H26OP+. The van der Waals surface area contributed by atoms with Gasteiger partial charge in [0.25, 0.3) is 0 Å². The third-order valence-electron chi connectivity index (χ3n) is 5.58.